The molecular formula is C85H124O8. The van der Waals surface area contributed by atoms with Crippen molar-refractivity contribution in [1.82, 2.24) is 0 Å². The highest BCUT2D eigenvalue weighted by molar-refractivity contribution is 5.78. The summed E-state index contributed by atoms with van der Waals surface area (Å²) in [6, 6.07) is 0. The minimum atomic E-state index is -1.06. The zero-order chi connectivity index (χ0) is 66.6. The van der Waals surface area contributed by atoms with Crippen LogP contribution in [0.25, 0.3) is 0 Å². The zero-order valence-electron chi connectivity index (χ0n) is 60.1. The molecule has 8 heteroatoms. The van der Waals surface area contributed by atoms with Crippen molar-refractivity contribution in [2.45, 2.75) is 289 Å². The maximum absolute atomic E-state index is 15.1. The van der Waals surface area contributed by atoms with Crippen molar-refractivity contribution < 1.29 is 39.6 Å². The fourth-order valence-corrected chi connectivity index (χ4v) is 26.0. The van der Waals surface area contributed by atoms with Crippen molar-refractivity contribution in [2.75, 3.05) is 0 Å². The molecule has 4 saturated carbocycles. The lowest BCUT2D eigenvalue weighted by Gasteiger charge is -2.60. The molecule has 512 valence electrons. The van der Waals surface area contributed by atoms with Gasteiger partial charge in [-0.1, -0.05) is 180 Å². The van der Waals surface area contributed by atoms with Crippen LogP contribution >= 0.6 is 0 Å². The van der Waals surface area contributed by atoms with Gasteiger partial charge in [-0.2, -0.15) is 0 Å². The van der Waals surface area contributed by atoms with E-state index in [-0.39, 0.29) is 69.0 Å². The van der Waals surface area contributed by atoms with Crippen molar-refractivity contribution in [2.24, 2.45) is 120 Å². The van der Waals surface area contributed by atoms with E-state index >= 15 is 19.2 Å². The monoisotopic (exact) mass is 1270 g/mol. The van der Waals surface area contributed by atoms with Crippen molar-refractivity contribution in [1.29, 1.82) is 0 Å². The first-order valence-corrected chi connectivity index (χ1v) is 38.5. The largest absolute Gasteiger partial charge is 0.481 e. The first kappa shape index (κ1) is 68.7. The highest BCUT2D eigenvalue weighted by Gasteiger charge is 2.66. The molecule has 0 aromatic heterocycles. The van der Waals surface area contributed by atoms with Gasteiger partial charge in [0.2, 0.25) is 0 Å². The normalized spacial score (nSPS) is 41.0. The molecule has 4 fully saturated rings. The molecule has 0 heterocycles. The molecule has 0 aromatic rings. The molecule has 16 atom stereocenters. The van der Waals surface area contributed by atoms with Crippen molar-refractivity contribution in [3.63, 3.8) is 0 Å². The van der Waals surface area contributed by atoms with Crippen LogP contribution in [0.4, 0.5) is 0 Å². The second kappa shape index (κ2) is 25.3. The van der Waals surface area contributed by atoms with Crippen LogP contribution in [0.2, 0.25) is 0 Å². The Hall–Kier alpha value is -4.20. The van der Waals surface area contributed by atoms with Gasteiger partial charge in [-0.25, -0.2) is 0 Å². The van der Waals surface area contributed by atoms with Crippen LogP contribution in [0.15, 0.2) is 93.2 Å². The number of rotatable bonds is 20. The molecule has 0 bridgehead atoms. The quantitative estimate of drug-likeness (QED) is 0.0942. The Bertz CT molecular complexity index is 2780. The smallest absolute Gasteiger partial charge is 0.309 e. The minimum Gasteiger partial charge on any atom is -0.481 e. The topological polar surface area (TPSA) is 149 Å². The number of allylic oxidation sites excluding steroid dienone is 16. The average Bonchev–Trinajstić information content (AvgIpc) is 0.741. The van der Waals surface area contributed by atoms with Gasteiger partial charge in [0.1, 0.15) is 0 Å². The predicted molar refractivity (Wildman–Crippen MR) is 375 cm³/mol. The number of carboxylic acid groups (broad SMARTS) is 4. The summed E-state index contributed by atoms with van der Waals surface area (Å²) in [5.41, 5.74) is 5.61. The Morgan fingerprint density at radius 1 is 0.366 bits per heavy atom. The molecule has 93 heavy (non-hydrogen) atoms. The third kappa shape index (κ3) is 11.2. The highest BCUT2D eigenvalue weighted by atomic mass is 16.4. The second-order valence-electron chi connectivity index (χ2n) is 36.6. The lowest BCUT2D eigenvalue weighted by molar-refractivity contribution is -0.170. The molecule has 4 unspecified atom stereocenters. The summed E-state index contributed by atoms with van der Waals surface area (Å²) < 4.78 is 0. The summed E-state index contributed by atoms with van der Waals surface area (Å²) in [7, 11) is 0. The Morgan fingerprint density at radius 3 is 0.753 bits per heavy atom. The predicted octanol–water partition coefficient (Wildman–Crippen LogP) is 21.9. The molecule has 0 spiro atoms. The van der Waals surface area contributed by atoms with Gasteiger partial charge >= 0.3 is 23.9 Å². The number of aliphatic carboxylic acids is 4. The summed E-state index contributed by atoms with van der Waals surface area (Å²) in [5, 5.41) is 49.6. The van der Waals surface area contributed by atoms with E-state index in [1.807, 2.05) is 0 Å². The van der Waals surface area contributed by atoms with Gasteiger partial charge in [0.15, 0.2) is 0 Å². The molecule has 0 amide bonds. The second-order valence-corrected chi connectivity index (χ2v) is 36.6. The molecule has 0 saturated heterocycles. The van der Waals surface area contributed by atoms with Crippen LogP contribution in [-0.2, 0) is 19.2 Å². The van der Waals surface area contributed by atoms with Crippen LogP contribution in [0.3, 0.4) is 0 Å². The summed E-state index contributed by atoms with van der Waals surface area (Å²) >= 11 is 0. The van der Waals surface area contributed by atoms with Gasteiger partial charge < -0.3 is 20.4 Å². The maximum atomic E-state index is 15.1. The SMILES string of the molecule is CC(C)C1=CC2=CCC3[C@](CCC(CC[C@@]4(C(=O)O)CCC[C@@]5(C)C4CC=C4C=C(C(C)C)CC[C@@H]45)(CC[C@@]4(C(=O)O)CCC[C@@]5(C)C4CC=C4C=C(C(C)C)CC[C@@H]45)CC[C@@]4(C(=O)O)CCC[C@@]5(C)C4CC=C4C=C(C(C)C)CC[C@@H]45)(C(=O)O)CCC[C@]3(C)[C@H]2CC1. The van der Waals surface area contributed by atoms with E-state index < -0.39 is 51.0 Å². The molecule has 0 aliphatic heterocycles. The summed E-state index contributed by atoms with van der Waals surface area (Å²) in [6.45, 7) is 28.0. The minimum absolute atomic E-state index is 0.105. The van der Waals surface area contributed by atoms with Gasteiger partial charge in [-0.15, -0.1) is 0 Å². The number of hydrogen-bond donors (Lipinski definition) is 4. The van der Waals surface area contributed by atoms with E-state index in [4.69, 9.17) is 0 Å². The fraction of sp³-hybridized carbons (Fsp3) is 0.765. The van der Waals surface area contributed by atoms with E-state index in [9.17, 15) is 20.4 Å². The highest BCUT2D eigenvalue weighted by Crippen LogP contribution is 2.71. The van der Waals surface area contributed by atoms with E-state index in [0.717, 1.165) is 103 Å². The number of carboxylic acids is 4. The van der Waals surface area contributed by atoms with E-state index in [2.05, 4.69) is 132 Å². The summed E-state index contributed by atoms with van der Waals surface area (Å²) in [4.78, 5) is 60.5. The number of hydrogen-bond acceptors (Lipinski definition) is 4. The van der Waals surface area contributed by atoms with Gasteiger partial charge in [-0.3, -0.25) is 19.2 Å². The van der Waals surface area contributed by atoms with Crippen molar-refractivity contribution in [3.8, 4) is 0 Å². The van der Waals surface area contributed by atoms with Gasteiger partial charge in [0, 0.05) is 0 Å². The third-order valence-electron chi connectivity index (χ3n) is 31.7. The van der Waals surface area contributed by atoms with Crippen LogP contribution in [0.1, 0.15) is 289 Å². The Balaban J connectivity index is 1.00. The molecular weight excluding hydrogens is 1150 g/mol. The number of fused-ring (bicyclic) bond motifs is 12. The van der Waals surface area contributed by atoms with Gasteiger partial charge in [0.05, 0.1) is 21.7 Å². The van der Waals surface area contributed by atoms with Crippen LogP contribution < -0.4 is 0 Å². The average molecular weight is 1270 g/mol. The number of carbonyl (C=O) groups is 4. The third-order valence-corrected chi connectivity index (χ3v) is 31.7. The summed E-state index contributed by atoms with van der Waals surface area (Å²) in [6.07, 6.45) is 43.8. The maximum Gasteiger partial charge on any atom is 0.309 e. The molecule has 12 rings (SSSR count). The first-order chi connectivity index (χ1) is 44.0. The first-order valence-electron chi connectivity index (χ1n) is 38.5. The summed E-state index contributed by atoms with van der Waals surface area (Å²) in [5.74, 6) is -0.359. The molecule has 0 aromatic carbocycles. The molecule has 12 aliphatic rings. The fourth-order valence-electron chi connectivity index (χ4n) is 26.0. The van der Waals surface area contributed by atoms with Crippen molar-refractivity contribution >= 4 is 23.9 Å². The van der Waals surface area contributed by atoms with E-state index in [1.165, 1.54) is 44.6 Å². The molecule has 12 aliphatic carbocycles. The Morgan fingerprint density at radius 2 is 0.570 bits per heavy atom. The van der Waals surface area contributed by atoms with Crippen molar-refractivity contribution in [3.05, 3.63) is 93.2 Å². The molecule has 0 radical (unpaired) electrons. The zero-order valence-corrected chi connectivity index (χ0v) is 60.1. The van der Waals surface area contributed by atoms with E-state index in [0.29, 0.717) is 126 Å². The van der Waals surface area contributed by atoms with Gasteiger partial charge in [-0.05, 0) is 300 Å². The molecule has 8 nitrogen and oxygen atoms in total. The standard InChI is InChI=1S/C85H124O8/c1-53(2)57-17-25-65-61(49-57)21-29-69-77(65,9)33-13-37-82(69,73(86)87)45-41-81(42-46-83(74(88)89)38-14-34-78(10)66-26-18-58(54(3)4)50-62(66)22-30-70(78)83,43-47-84(75(90)91)39-15-35-79(11)67-27-19-59(55(5)6)51-63(67)23-31-71(79)84)44-48-85(76(92)93)40-16-36-80(12)68-28-20-60(56(7)8)52-64(68)24-32-72(80)85/h21-24,49-56,65-72H,13-20,25-48H2,1-12H3,(H,86,87)(H,88,89)(H,90,91)(H,92,93)/t65-,66-,67-,68-,69?,70?,71?,72?,77+,78+,79+,80+,81?,82-,83-,84-,85-/m0/s1. The van der Waals surface area contributed by atoms with Gasteiger partial charge in [0.25, 0.3) is 0 Å². The lowest BCUT2D eigenvalue weighted by Crippen LogP contribution is -2.56. The lowest BCUT2D eigenvalue weighted by atomic mass is 9.43. The van der Waals surface area contributed by atoms with Crippen LogP contribution in [-0.4, -0.2) is 44.3 Å². The molecule has 4 N–H and O–H groups in total. The van der Waals surface area contributed by atoms with Crippen LogP contribution in [0.5, 0.6) is 0 Å². The Labute approximate surface area is 562 Å². The Kier molecular flexibility index (Phi) is 18.7. The van der Waals surface area contributed by atoms with Crippen LogP contribution in [0, 0.1) is 120 Å². The van der Waals surface area contributed by atoms with E-state index in [1.54, 1.807) is 0 Å².